The molecule has 1 aromatic rings. The number of carbonyl (C=O) groups excluding carboxylic acids is 1. The number of carbonyl (C=O) groups is 1. The summed E-state index contributed by atoms with van der Waals surface area (Å²) in [4.78, 5) is 15.0. The molecule has 12 heavy (non-hydrogen) atoms. The summed E-state index contributed by atoms with van der Waals surface area (Å²) in [5.41, 5.74) is 0. The second kappa shape index (κ2) is 4.04. The molecule has 0 bridgehead atoms. The summed E-state index contributed by atoms with van der Waals surface area (Å²) in [6, 6.07) is 0. The zero-order valence-electron chi connectivity index (χ0n) is 7.41. The molecule has 0 fully saturated rings. The maximum Gasteiger partial charge on any atom is 0.263 e. The predicted octanol–water partition coefficient (Wildman–Crippen LogP) is 2.29. The number of oxazole rings is 1. The fraction of sp³-hybridized carbons (Fsp3) is 0.556. The van der Waals surface area contributed by atoms with Gasteiger partial charge in [0.05, 0.1) is 6.20 Å². The molecule has 1 heterocycles. The van der Waals surface area contributed by atoms with Crippen LogP contribution in [0.5, 0.6) is 0 Å². The molecule has 0 radical (unpaired) electrons. The van der Waals surface area contributed by atoms with E-state index >= 15 is 0 Å². The molecule has 0 unspecified atom stereocenters. The zero-order valence-corrected chi connectivity index (χ0v) is 7.41. The van der Waals surface area contributed by atoms with Crippen molar-refractivity contribution < 1.29 is 9.21 Å². The lowest BCUT2D eigenvalue weighted by Crippen LogP contribution is -2.01. The van der Waals surface area contributed by atoms with E-state index in [1.807, 2.05) is 0 Å². The van der Waals surface area contributed by atoms with Crippen LogP contribution in [-0.4, -0.2) is 10.8 Å². The molecule has 0 aliphatic heterocycles. The van der Waals surface area contributed by atoms with Gasteiger partial charge in [0, 0.05) is 6.42 Å². The van der Waals surface area contributed by atoms with Crippen molar-refractivity contribution in [1.82, 2.24) is 4.98 Å². The molecule has 0 amide bonds. The van der Waals surface area contributed by atoms with Crippen molar-refractivity contribution in [2.45, 2.75) is 26.7 Å². The van der Waals surface area contributed by atoms with Crippen LogP contribution < -0.4 is 0 Å². The molecule has 1 rings (SSSR count). The van der Waals surface area contributed by atoms with Crippen molar-refractivity contribution in [2.24, 2.45) is 5.92 Å². The highest BCUT2D eigenvalue weighted by Crippen LogP contribution is 2.08. The summed E-state index contributed by atoms with van der Waals surface area (Å²) < 4.78 is 4.87. The van der Waals surface area contributed by atoms with Gasteiger partial charge in [-0.25, -0.2) is 4.98 Å². The number of hydrogen-bond donors (Lipinski definition) is 0. The van der Waals surface area contributed by atoms with Crippen LogP contribution in [0.1, 0.15) is 37.4 Å². The fourth-order valence-corrected chi connectivity index (χ4v) is 0.888. The Hall–Kier alpha value is -1.12. The van der Waals surface area contributed by atoms with Crippen LogP contribution in [-0.2, 0) is 0 Å². The smallest absolute Gasteiger partial charge is 0.263 e. The summed E-state index contributed by atoms with van der Waals surface area (Å²) in [5, 5.41) is 0. The highest BCUT2D eigenvalue weighted by Gasteiger charge is 2.10. The topological polar surface area (TPSA) is 43.1 Å². The van der Waals surface area contributed by atoms with Crippen LogP contribution in [0.2, 0.25) is 0 Å². The van der Waals surface area contributed by atoms with Crippen LogP contribution in [0.3, 0.4) is 0 Å². The minimum atomic E-state index is -0.00583. The van der Waals surface area contributed by atoms with Crippen molar-refractivity contribution >= 4 is 5.78 Å². The minimum Gasteiger partial charge on any atom is -0.442 e. The third-order valence-electron chi connectivity index (χ3n) is 1.62. The van der Waals surface area contributed by atoms with E-state index in [0.717, 1.165) is 6.42 Å². The Bertz CT molecular complexity index is 239. The zero-order chi connectivity index (χ0) is 8.97. The first-order valence-electron chi connectivity index (χ1n) is 4.13. The number of aromatic nitrogens is 1. The van der Waals surface area contributed by atoms with Gasteiger partial charge in [-0.3, -0.25) is 4.79 Å². The SMILES string of the molecule is CC(C)CCC(=O)c1ncco1. The Labute approximate surface area is 71.8 Å². The van der Waals surface area contributed by atoms with Crippen molar-refractivity contribution in [3.8, 4) is 0 Å². The molecular formula is C9H13NO2. The Morgan fingerprint density at radius 1 is 1.67 bits per heavy atom. The van der Waals surface area contributed by atoms with Crippen LogP contribution in [0.4, 0.5) is 0 Å². The molecule has 1 aromatic heterocycles. The van der Waals surface area contributed by atoms with Gasteiger partial charge in [-0.15, -0.1) is 0 Å². The second-order valence-electron chi connectivity index (χ2n) is 3.19. The summed E-state index contributed by atoms with van der Waals surface area (Å²) in [6.45, 7) is 4.17. The van der Waals surface area contributed by atoms with Crippen LogP contribution >= 0.6 is 0 Å². The lowest BCUT2D eigenvalue weighted by Gasteiger charge is -2.00. The van der Waals surface area contributed by atoms with E-state index < -0.39 is 0 Å². The van der Waals surface area contributed by atoms with Gasteiger partial charge >= 0.3 is 0 Å². The molecule has 0 saturated carbocycles. The van der Waals surface area contributed by atoms with E-state index in [1.54, 1.807) is 0 Å². The Balaban J connectivity index is 2.40. The van der Waals surface area contributed by atoms with E-state index in [2.05, 4.69) is 18.8 Å². The summed E-state index contributed by atoms with van der Waals surface area (Å²) in [7, 11) is 0. The maximum atomic E-state index is 11.3. The van der Waals surface area contributed by atoms with Gasteiger partial charge in [0.15, 0.2) is 0 Å². The third-order valence-corrected chi connectivity index (χ3v) is 1.62. The molecule has 0 atom stereocenters. The van der Waals surface area contributed by atoms with E-state index in [-0.39, 0.29) is 11.7 Å². The van der Waals surface area contributed by atoms with E-state index in [4.69, 9.17) is 4.42 Å². The number of ketones is 1. The summed E-state index contributed by atoms with van der Waals surface area (Å²) in [6.07, 6.45) is 4.32. The average Bonchev–Trinajstić information content (AvgIpc) is 2.51. The van der Waals surface area contributed by atoms with Gasteiger partial charge in [-0.1, -0.05) is 13.8 Å². The molecular weight excluding hydrogens is 154 g/mol. The van der Waals surface area contributed by atoms with Gasteiger partial charge in [0.1, 0.15) is 6.26 Å². The van der Waals surface area contributed by atoms with Gasteiger partial charge in [0.2, 0.25) is 5.78 Å². The molecule has 0 aliphatic rings. The molecule has 0 aromatic carbocycles. The first kappa shape index (κ1) is 8.97. The maximum absolute atomic E-state index is 11.3. The molecule has 0 aliphatic carbocycles. The number of hydrogen-bond acceptors (Lipinski definition) is 3. The summed E-state index contributed by atoms with van der Waals surface area (Å²) >= 11 is 0. The number of nitrogens with zero attached hydrogens (tertiary/aromatic N) is 1. The first-order chi connectivity index (χ1) is 5.70. The van der Waals surface area contributed by atoms with Crippen molar-refractivity contribution in [3.05, 3.63) is 18.4 Å². The van der Waals surface area contributed by atoms with Gasteiger partial charge in [-0.05, 0) is 12.3 Å². The number of rotatable bonds is 4. The Morgan fingerprint density at radius 2 is 2.42 bits per heavy atom. The van der Waals surface area contributed by atoms with Crippen LogP contribution in [0.15, 0.2) is 16.9 Å². The molecule has 66 valence electrons. The highest BCUT2D eigenvalue weighted by atomic mass is 16.3. The Kier molecular flexibility index (Phi) is 3.02. The monoisotopic (exact) mass is 167 g/mol. The van der Waals surface area contributed by atoms with Crippen molar-refractivity contribution in [2.75, 3.05) is 0 Å². The lowest BCUT2D eigenvalue weighted by molar-refractivity contribution is 0.0941. The van der Waals surface area contributed by atoms with Crippen molar-refractivity contribution in [3.63, 3.8) is 0 Å². The van der Waals surface area contributed by atoms with Gasteiger partial charge in [-0.2, -0.15) is 0 Å². The average molecular weight is 167 g/mol. The largest absolute Gasteiger partial charge is 0.442 e. The fourth-order valence-electron chi connectivity index (χ4n) is 0.888. The normalized spacial score (nSPS) is 10.6. The molecule has 0 spiro atoms. The van der Waals surface area contributed by atoms with Crippen LogP contribution in [0.25, 0.3) is 0 Å². The lowest BCUT2D eigenvalue weighted by atomic mass is 10.1. The quantitative estimate of drug-likeness (QED) is 0.646. The van der Waals surface area contributed by atoms with Gasteiger partial charge < -0.3 is 4.42 Å². The standard InChI is InChI=1S/C9H13NO2/c1-7(2)3-4-8(11)9-10-5-6-12-9/h5-7H,3-4H2,1-2H3. The second-order valence-corrected chi connectivity index (χ2v) is 3.19. The molecule has 0 N–H and O–H groups in total. The Morgan fingerprint density at radius 3 is 2.92 bits per heavy atom. The summed E-state index contributed by atoms with van der Waals surface area (Å²) in [5.74, 6) is 0.772. The van der Waals surface area contributed by atoms with Crippen LogP contribution in [0, 0.1) is 5.92 Å². The first-order valence-corrected chi connectivity index (χ1v) is 4.13. The van der Waals surface area contributed by atoms with E-state index in [9.17, 15) is 4.79 Å². The highest BCUT2D eigenvalue weighted by molar-refractivity contribution is 5.91. The van der Waals surface area contributed by atoms with E-state index in [0.29, 0.717) is 12.3 Å². The third kappa shape index (κ3) is 2.49. The predicted molar refractivity (Wildman–Crippen MR) is 44.9 cm³/mol. The number of Topliss-reactive ketones (excluding diaryl/α,β-unsaturated/α-hetero) is 1. The van der Waals surface area contributed by atoms with E-state index in [1.165, 1.54) is 12.5 Å². The van der Waals surface area contributed by atoms with Crippen molar-refractivity contribution in [1.29, 1.82) is 0 Å². The molecule has 3 nitrogen and oxygen atoms in total. The molecule has 3 heteroatoms. The van der Waals surface area contributed by atoms with Gasteiger partial charge in [0.25, 0.3) is 5.89 Å². The minimum absolute atomic E-state index is 0.00583. The molecule has 0 saturated heterocycles.